The molecule has 3 atom stereocenters. The largest absolute Gasteiger partial charge is 0.497 e. The van der Waals surface area contributed by atoms with Gasteiger partial charge in [-0.2, -0.15) is 4.31 Å². The van der Waals surface area contributed by atoms with Crippen LogP contribution in [0.25, 0.3) is 0 Å². The van der Waals surface area contributed by atoms with Crippen molar-refractivity contribution in [3.63, 3.8) is 0 Å². The molecule has 1 aromatic rings. The number of amides is 1. The molecule has 9 heteroatoms. The zero-order chi connectivity index (χ0) is 22.9. The average Bonchev–Trinajstić information content (AvgIpc) is 2.71. The number of methoxy groups -OCH3 is 1. The highest BCUT2D eigenvalue weighted by atomic mass is 32.2. The van der Waals surface area contributed by atoms with Gasteiger partial charge in [-0.1, -0.05) is 20.3 Å². The Morgan fingerprint density at radius 1 is 1.23 bits per heavy atom. The van der Waals surface area contributed by atoms with Crippen LogP contribution in [0.15, 0.2) is 29.2 Å². The molecule has 0 spiro atoms. The molecule has 1 aromatic carbocycles. The number of aliphatic hydroxyl groups is 1. The van der Waals surface area contributed by atoms with Gasteiger partial charge >= 0.3 is 0 Å². The fourth-order valence-corrected chi connectivity index (χ4v) is 4.68. The van der Waals surface area contributed by atoms with E-state index >= 15 is 0 Å². The van der Waals surface area contributed by atoms with Crippen LogP contribution in [-0.2, 0) is 14.8 Å². The lowest BCUT2D eigenvalue weighted by molar-refractivity contribution is -0.125. The Morgan fingerprint density at radius 2 is 1.83 bits per heavy atom. The van der Waals surface area contributed by atoms with Gasteiger partial charge in [0, 0.05) is 31.1 Å². The second kappa shape index (κ2) is 12.2. The molecule has 0 aliphatic rings. The highest BCUT2D eigenvalue weighted by Crippen LogP contribution is 2.22. The van der Waals surface area contributed by atoms with E-state index in [1.807, 2.05) is 6.92 Å². The lowest BCUT2D eigenvalue weighted by atomic mass is 9.98. The maximum absolute atomic E-state index is 13.1. The normalized spacial score (nSPS) is 15.1. The molecule has 0 saturated carbocycles. The number of carbonyl (C=O) groups excluding carboxylic acids is 1. The zero-order valence-electron chi connectivity index (χ0n) is 18.7. The van der Waals surface area contributed by atoms with Crippen LogP contribution in [0.5, 0.6) is 5.75 Å². The van der Waals surface area contributed by atoms with E-state index in [9.17, 15) is 18.3 Å². The first-order chi connectivity index (χ1) is 14.0. The lowest BCUT2D eigenvalue weighted by Crippen LogP contribution is -2.50. The number of nitrogens with two attached hydrogens (primary N) is 1. The molecule has 4 N–H and O–H groups in total. The highest BCUT2D eigenvalue weighted by Gasteiger charge is 2.31. The van der Waals surface area contributed by atoms with E-state index in [4.69, 9.17) is 10.5 Å². The molecule has 0 unspecified atom stereocenters. The number of benzene rings is 1. The van der Waals surface area contributed by atoms with Crippen LogP contribution in [0.4, 0.5) is 0 Å². The summed E-state index contributed by atoms with van der Waals surface area (Å²) in [5.41, 5.74) is 6.14. The van der Waals surface area contributed by atoms with Crippen molar-refractivity contribution < 1.29 is 23.1 Å². The van der Waals surface area contributed by atoms with Crippen LogP contribution in [0, 0.1) is 5.92 Å². The Bertz CT molecular complexity index is 752. The predicted molar refractivity (Wildman–Crippen MR) is 118 cm³/mol. The first-order valence-electron chi connectivity index (χ1n) is 10.4. The van der Waals surface area contributed by atoms with Crippen molar-refractivity contribution in [3.8, 4) is 5.75 Å². The number of aliphatic hydroxyl groups excluding tert-OH is 1. The van der Waals surface area contributed by atoms with Gasteiger partial charge < -0.3 is 20.9 Å². The number of carbonyl (C=O) groups is 1. The minimum Gasteiger partial charge on any atom is -0.497 e. The summed E-state index contributed by atoms with van der Waals surface area (Å²) in [6, 6.07) is 4.94. The van der Waals surface area contributed by atoms with Crippen molar-refractivity contribution in [1.29, 1.82) is 0 Å². The Balaban J connectivity index is 2.82. The third-order valence-electron chi connectivity index (χ3n) is 5.00. The van der Waals surface area contributed by atoms with Crippen LogP contribution in [0.3, 0.4) is 0 Å². The third kappa shape index (κ3) is 7.54. The van der Waals surface area contributed by atoms with E-state index in [1.54, 1.807) is 32.9 Å². The number of rotatable bonds is 13. The van der Waals surface area contributed by atoms with Gasteiger partial charge in [-0.05, 0) is 51.0 Å². The second-order valence-electron chi connectivity index (χ2n) is 7.86. The number of hydrogen-bond donors (Lipinski definition) is 3. The standard InChI is InChI=1S/C21H37N3O5S/c1-6-7-12-23-21(26)16(4)13-20(25)19(22)14-24(15(2)3)30(27,28)18-10-8-17(29-5)9-11-18/h8-11,15-16,19-20,25H,6-7,12-14,22H2,1-5H3,(H,23,26)/t16-,19+,20+/m1/s1. The van der Waals surface area contributed by atoms with E-state index < -0.39 is 28.1 Å². The summed E-state index contributed by atoms with van der Waals surface area (Å²) in [6.07, 6.45) is 1.03. The molecular weight excluding hydrogens is 406 g/mol. The van der Waals surface area contributed by atoms with Crippen molar-refractivity contribution in [2.24, 2.45) is 11.7 Å². The molecular formula is C21H37N3O5S. The number of unbranched alkanes of at least 4 members (excludes halogenated alkanes) is 1. The van der Waals surface area contributed by atoms with E-state index in [-0.39, 0.29) is 29.8 Å². The quantitative estimate of drug-likeness (QED) is 0.399. The van der Waals surface area contributed by atoms with Crippen molar-refractivity contribution in [1.82, 2.24) is 9.62 Å². The van der Waals surface area contributed by atoms with Crippen LogP contribution in [0.2, 0.25) is 0 Å². The molecule has 1 amide bonds. The molecule has 0 aromatic heterocycles. The number of ether oxygens (including phenoxy) is 1. The summed E-state index contributed by atoms with van der Waals surface area (Å²) in [5, 5.41) is 13.3. The molecule has 172 valence electrons. The second-order valence-corrected chi connectivity index (χ2v) is 9.75. The van der Waals surface area contributed by atoms with Gasteiger partial charge in [-0.25, -0.2) is 8.42 Å². The molecule has 0 bridgehead atoms. The van der Waals surface area contributed by atoms with Crippen molar-refractivity contribution in [2.45, 2.75) is 70.0 Å². The van der Waals surface area contributed by atoms with Crippen molar-refractivity contribution in [2.75, 3.05) is 20.2 Å². The zero-order valence-corrected chi connectivity index (χ0v) is 19.5. The van der Waals surface area contributed by atoms with Gasteiger partial charge in [0.2, 0.25) is 15.9 Å². The van der Waals surface area contributed by atoms with E-state index in [2.05, 4.69) is 5.32 Å². The fourth-order valence-electron chi connectivity index (χ4n) is 3.01. The Morgan fingerprint density at radius 3 is 2.33 bits per heavy atom. The molecule has 1 rings (SSSR count). The molecule has 30 heavy (non-hydrogen) atoms. The van der Waals surface area contributed by atoms with Gasteiger partial charge in [0.25, 0.3) is 0 Å². The third-order valence-corrected chi connectivity index (χ3v) is 7.06. The van der Waals surface area contributed by atoms with E-state index in [0.29, 0.717) is 12.3 Å². The number of hydrogen-bond acceptors (Lipinski definition) is 6. The molecule has 0 radical (unpaired) electrons. The van der Waals surface area contributed by atoms with Gasteiger partial charge in [0.05, 0.1) is 18.1 Å². The number of nitrogens with zero attached hydrogens (tertiary/aromatic N) is 1. The summed E-state index contributed by atoms with van der Waals surface area (Å²) < 4.78 is 32.5. The lowest BCUT2D eigenvalue weighted by Gasteiger charge is -2.31. The minimum atomic E-state index is -3.81. The molecule has 0 heterocycles. The SMILES string of the molecule is CCCCNC(=O)[C@H](C)C[C@H](O)[C@@H](N)CN(C(C)C)S(=O)(=O)c1ccc(OC)cc1. The van der Waals surface area contributed by atoms with Crippen LogP contribution < -0.4 is 15.8 Å². The fraction of sp³-hybridized carbons (Fsp3) is 0.667. The predicted octanol–water partition coefficient (Wildman–Crippen LogP) is 1.73. The summed E-state index contributed by atoms with van der Waals surface area (Å²) in [5.74, 6) is -0.00163. The minimum absolute atomic E-state index is 0.0582. The monoisotopic (exact) mass is 443 g/mol. The van der Waals surface area contributed by atoms with Gasteiger partial charge in [0.1, 0.15) is 5.75 Å². The van der Waals surface area contributed by atoms with Crippen LogP contribution >= 0.6 is 0 Å². The molecule has 0 aliphatic carbocycles. The summed E-state index contributed by atoms with van der Waals surface area (Å²) in [4.78, 5) is 12.3. The first-order valence-corrected chi connectivity index (χ1v) is 11.9. The van der Waals surface area contributed by atoms with Gasteiger partial charge in [-0.15, -0.1) is 0 Å². The topological polar surface area (TPSA) is 122 Å². The number of nitrogens with one attached hydrogen (secondary N) is 1. The number of sulfonamides is 1. The van der Waals surface area contributed by atoms with Gasteiger partial charge in [0.15, 0.2) is 0 Å². The van der Waals surface area contributed by atoms with Crippen molar-refractivity contribution >= 4 is 15.9 Å². The van der Waals surface area contributed by atoms with E-state index in [1.165, 1.54) is 23.5 Å². The molecule has 0 fully saturated rings. The molecule has 0 saturated heterocycles. The Labute approximate surface area is 180 Å². The van der Waals surface area contributed by atoms with Crippen molar-refractivity contribution in [3.05, 3.63) is 24.3 Å². The average molecular weight is 444 g/mol. The Kier molecular flexibility index (Phi) is 10.8. The highest BCUT2D eigenvalue weighted by molar-refractivity contribution is 7.89. The molecule has 0 aliphatic heterocycles. The first kappa shape index (κ1) is 26.4. The summed E-state index contributed by atoms with van der Waals surface area (Å²) >= 11 is 0. The maximum Gasteiger partial charge on any atom is 0.243 e. The van der Waals surface area contributed by atoms with Crippen LogP contribution in [-0.4, -0.2) is 62.1 Å². The molecule has 8 nitrogen and oxygen atoms in total. The summed E-state index contributed by atoms with van der Waals surface area (Å²) in [6.45, 7) is 7.82. The van der Waals surface area contributed by atoms with Gasteiger partial charge in [-0.3, -0.25) is 4.79 Å². The van der Waals surface area contributed by atoms with Crippen LogP contribution in [0.1, 0.15) is 47.0 Å². The maximum atomic E-state index is 13.1. The smallest absolute Gasteiger partial charge is 0.243 e. The Hall–Kier alpha value is -1.68. The summed E-state index contributed by atoms with van der Waals surface area (Å²) in [7, 11) is -2.30. The van der Waals surface area contributed by atoms with E-state index in [0.717, 1.165) is 12.8 Å².